The minimum Gasteiger partial charge on any atom is -0.136 e. The third kappa shape index (κ3) is 1.99. The Morgan fingerprint density at radius 2 is 1.69 bits per heavy atom. The Morgan fingerprint density at radius 3 is 2.15 bits per heavy atom. The Bertz CT molecular complexity index is 353. The van der Waals surface area contributed by atoms with Gasteiger partial charge in [0.15, 0.2) is 0 Å². The first kappa shape index (κ1) is 10.0. The molecule has 0 fully saturated rings. The smallest absolute Gasteiger partial charge is 0.0308 e. The number of allylic oxidation sites excluding steroid dienone is 2. The van der Waals surface area contributed by atoms with E-state index in [2.05, 4.69) is 33.1 Å². The fourth-order valence-corrected chi connectivity index (χ4v) is 2.23. The molecule has 0 spiro atoms. The van der Waals surface area contributed by atoms with Gasteiger partial charge in [-0.1, -0.05) is 31.4 Å². The molecule has 0 radical (unpaired) electrons. The summed E-state index contributed by atoms with van der Waals surface area (Å²) in [5, 5.41) is 0. The summed E-state index contributed by atoms with van der Waals surface area (Å²) >= 11 is 1.77. The van der Waals surface area contributed by atoms with Gasteiger partial charge in [-0.3, -0.25) is 0 Å². The summed E-state index contributed by atoms with van der Waals surface area (Å²) in [7, 11) is 0. The lowest BCUT2D eigenvalue weighted by atomic mass is 10.1. The van der Waals surface area contributed by atoms with Gasteiger partial charge in [0.1, 0.15) is 0 Å². The monoisotopic (exact) mass is 190 g/mol. The minimum atomic E-state index is 1.27. The standard InChI is InChI=1S/C12H14S/c1-5-7-8-12-10(4)9(3)11(6-2)13-12/h5-8H,1-2H2,3-4H3/b8-7-. The number of thiophene rings is 1. The Labute approximate surface area is 83.9 Å². The van der Waals surface area contributed by atoms with Crippen molar-refractivity contribution in [3.05, 3.63) is 46.2 Å². The molecule has 1 rings (SSSR count). The maximum Gasteiger partial charge on any atom is 0.0308 e. The summed E-state index contributed by atoms with van der Waals surface area (Å²) < 4.78 is 0. The molecule has 1 aromatic heterocycles. The van der Waals surface area contributed by atoms with Crippen molar-refractivity contribution < 1.29 is 0 Å². The van der Waals surface area contributed by atoms with Gasteiger partial charge in [-0.15, -0.1) is 11.3 Å². The van der Waals surface area contributed by atoms with Crippen LogP contribution in [0.15, 0.2) is 25.3 Å². The molecule has 0 amide bonds. The summed E-state index contributed by atoms with van der Waals surface area (Å²) in [5.74, 6) is 0. The predicted molar refractivity (Wildman–Crippen MR) is 63.1 cm³/mol. The van der Waals surface area contributed by atoms with Crippen LogP contribution in [0.5, 0.6) is 0 Å². The Hall–Kier alpha value is -1.08. The average Bonchev–Trinajstić information content (AvgIpc) is 2.41. The SMILES string of the molecule is C=C/C=C\c1sc(C=C)c(C)c1C. The second-order valence-electron chi connectivity index (χ2n) is 2.88. The van der Waals surface area contributed by atoms with Gasteiger partial charge < -0.3 is 0 Å². The maximum absolute atomic E-state index is 3.79. The van der Waals surface area contributed by atoms with Gasteiger partial charge in [0, 0.05) is 9.75 Å². The van der Waals surface area contributed by atoms with E-state index in [1.165, 1.54) is 20.9 Å². The number of rotatable bonds is 3. The predicted octanol–water partition coefficient (Wildman–Crippen LogP) is 4.21. The highest BCUT2D eigenvalue weighted by atomic mass is 32.1. The largest absolute Gasteiger partial charge is 0.136 e. The molecule has 1 heteroatoms. The van der Waals surface area contributed by atoms with Crippen LogP contribution in [-0.2, 0) is 0 Å². The van der Waals surface area contributed by atoms with Gasteiger partial charge in [0.05, 0.1) is 0 Å². The summed E-state index contributed by atoms with van der Waals surface area (Å²) in [5.41, 5.74) is 2.68. The van der Waals surface area contributed by atoms with E-state index in [1.807, 2.05) is 12.2 Å². The Kier molecular flexibility index (Phi) is 3.26. The molecule has 0 unspecified atom stereocenters. The normalized spacial score (nSPS) is 10.6. The van der Waals surface area contributed by atoms with Crippen LogP contribution in [0.3, 0.4) is 0 Å². The van der Waals surface area contributed by atoms with Crippen molar-refractivity contribution in [2.75, 3.05) is 0 Å². The number of hydrogen-bond acceptors (Lipinski definition) is 1. The van der Waals surface area contributed by atoms with Crippen molar-refractivity contribution in [2.24, 2.45) is 0 Å². The van der Waals surface area contributed by atoms with E-state index >= 15 is 0 Å². The first-order valence-electron chi connectivity index (χ1n) is 4.22. The molecule has 0 nitrogen and oxygen atoms in total. The summed E-state index contributed by atoms with van der Waals surface area (Å²) in [6.45, 7) is 11.7. The lowest BCUT2D eigenvalue weighted by molar-refractivity contribution is 1.39. The quantitative estimate of drug-likeness (QED) is 0.626. The summed E-state index contributed by atoms with van der Waals surface area (Å²) in [6, 6.07) is 0. The van der Waals surface area contributed by atoms with Crippen LogP contribution >= 0.6 is 11.3 Å². The molecule has 0 saturated carbocycles. The van der Waals surface area contributed by atoms with E-state index in [0.717, 1.165) is 0 Å². The van der Waals surface area contributed by atoms with Crippen molar-refractivity contribution in [3.8, 4) is 0 Å². The zero-order valence-electron chi connectivity index (χ0n) is 8.13. The second-order valence-corrected chi connectivity index (χ2v) is 3.96. The lowest BCUT2D eigenvalue weighted by Gasteiger charge is -1.91. The van der Waals surface area contributed by atoms with Gasteiger partial charge in [-0.25, -0.2) is 0 Å². The van der Waals surface area contributed by atoms with Crippen LogP contribution in [0.1, 0.15) is 20.9 Å². The molecule has 0 aliphatic carbocycles. The third-order valence-corrected chi connectivity index (χ3v) is 3.45. The van der Waals surface area contributed by atoms with E-state index in [9.17, 15) is 0 Å². The van der Waals surface area contributed by atoms with Gasteiger partial charge in [-0.05, 0) is 31.1 Å². The highest BCUT2D eigenvalue weighted by Crippen LogP contribution is 2.29. The first-order chi connectivity index (χ1) is 6.20. The molecule has 68 valence electrons. The average molecular weight is 190 g/mol. The third-order valence-electron chi connectivity index (χ3n) is 2.09. The Balaban J connectivity index is 3.16. The van der Waals surface area contributed by atoms with Crippen LogP contribution in [0.2, 0.25) is 0 Å². The summed E-state index contributed by atoms with van der Waals surface area (Å²) in [4.78, 5) is 2.56. The van der Waals surface area contributed by atoms with Crippen molar-refractivity contribution in [1.82, 2.24) is 0 Å². The molecular formula is C12H14S. The van der Waals surface area contributed by atoms with Gasteiger partial charge in [-0.2, -0.15) is 0 Å². The summed E-state index contributed by atoms with van der Waals surface area (Å²) in [6.07, 6.45) is 7.76. The zero-order valence-corrected chi connectivity index (χ0v) is 8.95. The molecule has 0 aliphatic rings. The molecule has 0 saturated heterocycles. The van der Waals surface area contributed by atoms with Gasteiger partial charge in [0.2, 0.25) is 0 Å². The molecule has 0 bridgehead atoms. The molecule has 13 heavy (non-hydrogen) atoms. The lowest BCUT2D eigenvalue weighted by Crippen LogP contribution is -1.74. The van der Waals surface area contributed by atoms with Crippen LogP contribution in [0.4, 0.5) is 0 Å². The fraction of sp³-hybridized carbons (Fsp3) is 0.167. The van der Waals surface area contributed by atoms with Crippen molar-refractivity contribution >= 4 is 23.5 Å². The molecule has 0 aromatic carbocycles. The zero-order chi connectivity index (χ0) is 9.84. The fourth-order valence-electron chi connectivity index (χ4n) is 1.15. The molecule has 1 aromatic rings. The van der Waals surface area contributed by atoms with E-state index in [1.54, 1.807) is 17.4 Å². The van der Waals surface area contributed by atoms with Gasteiger partial charge >= 0.3 is 0 Å². The second kappa shape index (κ2) is 4.24. The van der Waals surface area contributed by atoms with Crippen molar-refractivity contribution in [2.45, 2.75) is 13.8 Å². The van der Waals surface area contributed by atoms with E-state index in [4.69, 9.17) is 0 Å². The van der Waals surface area contributed by atoms with Crippen molar-refractivity contribution in [3.63, 3.8) is 0 Å². The molecule has 1 heterocycles. The minimum absolute atomic E-state index is 1.27. The van der Waals surface area contributed by atoms with Crippen LogP contribution in [0, 0.1) is 13.8 Å². The first-order valence-corrected chi connectivity index (χ1v) is 5.04. The van der Waals surface area contributed by atoms with Crippen LogP contribution in [0.25, 0.3) is 12.2 Å². The highest BCUT2D eigenvalue weighted by Gasteiger charge is 2.05. The van der Waals surface area contributed by atoms with E-state index in [0.29, 0.717) is 0 Å². The van der Waals surface area contributed by atoms with Crippen molar-refractivity contribution in [1.29, 1.82) is 0 Å². The van der Waals surface area contributed by atoms with Crippen LogP contribution < -0.4 is 0 Å². The molecular weight excluding hydrogens is 176 g/mol. The Morgan fingerprint density at radius 1 is 1.08 bits per heavy atom. The number of hydrogen-bond donors (Lipinski definition) is 0. The topological polar surface area (TPSA) is 0 Å². The van der Waals surface area contributed by atoms with Crippen LogP contribution in [-0.4, -0.2) is 0 Å². The van der Waals surface area contributed by atoms with Gasteiger partial charge in [0.25, 0.3) is 0 Å². The molecule has 0 aliphatic heterocycles. The maximum atomic E-state index is 3.79. The molecule has 0 atom stereocenters. The van der Waals surface area contributed by atoms with E-state index in [-0.39, 0.29) is 0 Å². The van der Waals surface area contributed by atoms with E-state index < -0.39 is 0 Å². The molecule has 0 N–H and O–H groups in total. The highest BCUT2D eigenvalue weighted by molar-refractivity contribution is 7.14.